The summed E-state index contributed by atoms with van der Waals surface area (Å²) < 4.78 is 0. The number of rotatable bonds is 0. The summed E-state index contributed by atoms with van der Waals surface area (Å²) in [6, 6.07) is 10.6. The summed E-state index contributed by atoms with van der Waals surface area (Å²) in [4.78, 5) is 10.4. The van der Waals surface area contributed by atoms with Gasteiger partial charge in [-0.05, 0) is 25.1 Å². The largest absolute Gasteiger partial charge is 0.345 e. The summed E-state index contributed by atoms with van der Waals surface area (Å²) in [6.45, 7) is 6.65. The standard InChI is InChI=1S/C17H20N4S/c1-12-11-13-16(21-9-7-20(2)8-10-21)18-14-5-3-4-6-15(14)19-17(13)22-12/h3-6,11,19H,7-10H2,1-2H3/p+1. The second-order valence-electron chi connectivity index (χ2n) is 6.12. The van der Waals surface area contributed by atoms with Crippen molar-refractivity contribution in [3.05, 3.63) is 40.8 Å². The zero-order valence-corrected chi connectivity index (χ0v) is 13.8. The molecule has 4 nitrogen and oxygen atoms in total. The normalized spacial score (nSPS) is 18.1. The highest BCUT2D eigenvalue weighted by molar-refractivity contribution is 7.16. The smallest absolute Gasteiger partial charge is 0.140 e. The predicted molar refractivity (Wildman–Crippen MR) is 93.2 cm³/mol. The molecule has 1 aromatic heterocycles. The van der Waals surface area contributed by atoms with Crippen LogP contribution in [0.5, 0.6) is 0 Å². The number of quaternary nitrogens is 1. The van der Waals surface area contributed by atoms with E-state index in [1.165, 1.54) is 28.5 Å². The van der Waals surface area contributed by atoms with E-state index in [-0.39, 0.29) is 0 Å². The van der Waals surface area contributed by atoms with Crippen molar-refractivity contribution in [1.29, 1.82) is 0 Å². The second kappa shape index (κ2) is 5.41. The lowest BCUT2D eigenvalue weighted by Crippen LogP contribution is -3.12. The molecule has 0 atom stereocenters. The monoisotopic (exact) mass is 313 g/mol. The van der Waals surface area contributed by atoms with Crippen molar-refractivity contribution < 1.29 is 4.90 Å². The third kappa shape index (κ3) is 2.40. The first-order chi connectivity index (χ1) is 10.7. The molecular formula is C17H21N4S+. The number of likely N-dealkylation sites (N-methyl/N-ethyl adjacent to an activating group) is 1. The van der Waals surface area contributed by atoms with Crippen LogP contribution in [0.15, 0.2) is 35.3 Å². The number of hydrogen-bond donors (Lipinski definition) is 2. The van der Waals surface area contributed by atoms with Gasteiger partial charge in [-0.15, -0.1) is 11.3 Å². The van der Waals surface area contributed by atoms with E-state index in [9.17, 15) is 0 Å². The van der Waals surface area contributed by atoms with Gasteiger partial charge in [0.25, 0.3) is 0 Å². The molecule has 4 rings (SSSR count). The number of nitrogens with one attached hydrogen (secondary N) is 2. The van der Waals surface area contributed by atoms with Crippen LogP contribution in [-0.4, -0.2) is 44.0 Å². The second-order valence-corrected chi connectivity index (χ2v) is 7.38. The first-order valence-corrected chi connectivity index (χ1v) is 8.64. The third-order valence-electron chi connectivity index (χ3n) is 4.39. The van der Waals surface area contributed by atoms with E-state index in [1.54, 1.807) is 4.90 Å². The molecule has 0 amide bonds. The van der Waals surface area contributed by atoms with E-state index in [0.717, 1.165) is 30.3 Å². The average molecular weight is 313 g/mol. The van der Waals surface area contributed by atoms with Gasteiger partial charge in [-0.25, -0.2) is 4.99 Å². The Morgan fingerprint density at radius 3 is 2.82 bits per heavy atom. The minimum Gasteiger partial charge on any atom is -0.345 e. The van der Waals surface area contributed by atoms with Crippen molar-refractivity contribution >= 4 is 33.5 Å². The van der Waals surface area contributed by atoms with E-state index < -0.39 is 0 Å². The van der Waals surface area contributed by atoms with Gasteiger partial charge < -0.3 is 15.1 Å². The fourth-order valence-electron chi connectivity index (χ4n) is 3.09. The number of aryl methyl sites for hydroxylation is 1. The van der Waals surface area contributed by atoms with Crippen LogP contribution in [0.1, 0.15) is 10.4 Å². The van der Waals surface area contributed by atoms with Crippen LogP contribution in [0, 0.1) is 6.92 Å². The predicted octanol–water partition coefficient (Wildman–Crippen LogP) is 2.02. The number of piperazine rings is 1. The van der Waals surface area contributed by atoms with E-state index in [0.29, 0.717) is 0 Å². The number of anilines is 2. The van der Waals surface area contributed by atoms with Gasteiger partial charge in [-0.3, -0.25) is 0 Å². The molecule has 2 aliphatic heterocycles. The maximum absolute atomic E-state index is 5.02. The highest BCUT2D eigenvalue weighted by atomic mass is 32.1. The zero-order chi connectivity index (χ0) is 15.1. The highest BCUT2D eigenvalue weighted by Crippen LogP contribution is 2.38. The Morgan fingerprint density at radius 2 is 2.00 bits per heavy atom. The van der Waals surface area contributed by atoms with Crippen molar-refractivity contribution in [2.75, 3.05) is 38.5 Å². The Bertz CT molecular complexity index is 726. The number of aliphatic imine (C=N–C) groups is 1. The van der Waals surface area contributed by atoms with E-state index in [1.807, 2.05) is 11.3 Å². The number of para-hydroxylation sites is 2. The molecule has 5 heteroatoms. The van der Waals surface area contributed by atoms with Gasteiger partial charge in [0, 0.05) is 4.88 Å². The lowest BCUT2D eigenvalue weighted by Gasteiger charge is -2.32. The van der Waals surface area contributed by atoms with Crippen molar-refractivity contribution in [2.45, 2.75) is 6.92 Å². The number of amidine groups is 1. The first-order valence-electron chi connectivity index (χ1n) is 7.82. The molecule has 22 heavy (non-hydrogen) atoms. The van der Waals surface area contributed by atoms with Crippen molar-refractivity contribution in [3.8, 4) is 0 Å². The van der Waals surface area contributed by atoms with Gasteiger partial charge in [0.05, 0.1) is 50.2 Å². The summed E-state index contributed by atoms with van der Waals surface area (Å²) >= 11 is 1.81. The molecule has 3 heterocycles. The van der Waals surface area contributed by atoms with E-state index >= 15 is 0 Å². The topological polar surface area (TPSA) is 32.1 Å². The number of hydrogen-bond acceptors (Lipinski definition) is 4. The Labute approximate surface area is 135 Å². The quantitative estimate of drug-likeness (QED) is 0.780. The van der Waals surface area contributed by atoms with E-state index in [2.05, 4.69) is 54.5 Å². The van der Waals surface area contributed by atoms with E-state index in [4.69, 9.17) is 4.99 Å². The summed E-state index contributed by atoms with van der Waals surface area (Å²) in [6.07, 6.45) is 0. The summed E-state index contributed by atoms with van der Waals surface area (Å²) in [5, 5.41) is 4.79. The molecule has 0 spiro atoms. The minimum absolute atomic E-state index is 1.03. The van der Waals surface area contributed by atoms with Crippen molar-refractivity contribution in [1.82, 2.24) is 4.90 Å². The molecule has 1 aromatic carbocycles. The van der Waals surface area contributed by atoms with Gasteiger partial charge in [0.15, 0.2) is 0 Å². The maximum Gasteiger partial charge on any atom is 0.140 e. The van der Waals surface area contributed by atoms with Gasteiger partial charge in [0.2, 0.25) is 0 Å². The van der Waals surface area contributed by atoms with Crippen LogP contribution in [0.2, 0.25) is 0 Å². The molecule has 2 aliphatic rings. The van der Waals surface area contributed by atoms with Crippen LogP contribution >= 0.6 is 11.3 Å². The molecule has 0 unspecified atom stereocenters. The Morgan fingerprint density at radius 1 is 1.23 bits per heavy atom. The Hall–Kier alpha value is -1.85. The maximum atomic E-state index is 5.02. The minimum atomic E-state index is 1.03. The fourth-order valence-corrected chi connectivity index (χ4v) is 4.01. The molecule has 1 saturated heterocycles. The van der Waals surface area contributed by atoms with Gasteiger partial charge in [0.1, 0.15) is 10.8 Å². The Kier molecular flexibility index (Phi) is 3.39. The highest BCUT2D eigenvalue weighted by Gasteiger charge is 2.26. The van der Waals surface area contributed by atoms with Crippen LogP contribution in [-0.2, 0) is 0 Å². The van der Waals surface area contributed by atoms with Crippen LogP contribution < -0.4 is 10.2 Å². The average Bonchev–Trinajstić information content (AvgIpc) is 2.80. The summed E-state index contributed by atoms with van der Waals surface area (Å²) in [5.74, 6) is 1.13. The fraction of sp³-hybridized carbons (Fsp3) is 0.353. The molecule has 114 valence electrons. The van der Waals surface area contributed by atoms with Crippen LogP contribution in [0.25, 0.3) is 0 Å². The first kappa shape index (κ1) is 13.8. The lowest BCUT2D eigenvalue weighted by molar-refractivity contribution is -0.883. The van der Waals surface area contributed by atoms with Crippen LogP contribution in [0.4, 0.5) is 16.4 Å². The van der Waals surface area contributed by atoms with Gasteiger partial charge >= 0.3 is 0 Å². The summed E-state index contributed by atoms with van der Waals surface area (Å²) in [7, 11) is 2.27. The number of thiophene rings is 1. The SMILES string of the molecule is Cc1cc2c(s1)Nc1ccccc1N=C2N1CC[NH+](C)CC1. The molecule has 0 saturated carbocycles. The molecule has 2 N–H and O–H groups in total. The molecule has 0 bridgehead atoms. The Balaban J connectivity index is 1.81. The lowest BCUT2D eigenvalue weighted by atomic mass is 10.2. The van der Waals surface area contributed by atoms with Crippen molar-refractivity contribution in [3.63, 3.8) is 0 Å². The van der Waals surface area contributed by atoms with Gasteiger partial charge in [-0.1, -0.05) is 12.1 Å². The van der Waals surface area contributed by atoms with Gasteiger partial charge in [-0.2, -0.15) is 0 Å². The van der Waals surface area contributed by atoms with Crippen molar-refractivity contribution in [2.24, 2.45) is 4.99 Å². The third-order valence-corrected chi connectivity index (χ3v) is 5.36. The summed E-state index contributed by atoms with van der Waals surface area (Å²) in [5.41, 5.74) is 3.38. The number of benzene rings is 1. The molecule has 0 radical (unpaired) electrons. The molecule has 0 aliphatic carbocycles. The zero-order valence-electron chi connectivity index (χ0n) is 13.0. The number of nitrogens with zero attached hydrogens (tertiary/aromatic N) is 2. The number of fused-ring (bicyclic) bond motifs is 2. The molecule has 2 aromatic rings. The molecule has 1 fully saturated rings. The van der Waals surface area contributed by atoms with Crippen LogP contribution in [0.3, 0.4) is 0 Å². The molecular weight excluding hydrogens is 292 g/mol.